The first-order chi connectivity index (χ1) is 8.45. The fourth-order valence-electron chi connectivity index (χ4n) is 2.46. The monoisotopic (exact) mass is 249 g/mol. The first-order valence-electron chi connectivity index (χ1n) is 6.53. The number of aryl methyl sites for hydroxylation is 1. The number of hydrogen-bond acceptors (Lipinski definition) is 2. The molecule has 0 saturated carbocycles. The van der Waals surface area contributed by atoms with E-state index < -0.39 is 11.5 Å². The summed E-state index contributed by atoms with van der Waals surface area (Å²) in [4.78, 5) is 13.6. The molecule has 100 valence electrons. The van der Waals surface area contributed by atoms with Crippen LogP contribution in [0.1, 0.15) is 39.2 Å². The van der Waals surface area contributed by atoms with Crippen molar-refractivity contribution in [2.75, 3.05) is 11.4 Å². The number of aliphatic carboxylic acids is 1. The lowest BCUT2D eigenvalue weighted by atomic mass is 9.93. The minimum atomic E-state index is -0.836. The van der Waals surface area contributed by atoms with E-state index in [0.717, 1.165) is 17.7 Å². The SMILES string of the molecule is CCCC(C)(C(=O)O)N(CC)c1cccc(C)c1. The summed E-state index contributed by atoms with van der Waals surface area (Å²) in [5.74, 6) is -0.757. The summed E-state index contributed by atoms with van der Waals surface area (Å²) >= 11 is 0. The lowest BCUT2D eigenvalue weighted by molar-refractivity contribution is -0.143. The molecule has 18 heavy (non-hydrogen) atoms. The van der Waals surface area contributed by atoms with Gasteiger partial charge in [-0.25, -0.2) is 4.79 Å². The molecule has 0 aliphatic rings. The van der Waals surface area contributed by atoms with Crippen molar-refractivity contribution < 1.29 is 9.90 Å². The fraction of sp³-hybridized carbons (Fsp3) is 0.533. The van der Waals surface area contributed by atoms with Crippen LogP contribution >= 0.6 is 0 Å². The van der Waals surface area contributed by atoms with Crippen LogP contribution in [0, 0.1) is 6.92 Å². The summed E-state index contributed by atoms with van der Waals surface area (Å²) in [7, 11) is 0. The summed E-state index contributed by atoms with van der Waals surface area (Å²) in [6.07, 6.45) is 1.50. The standard InChI is InChI=1S/C15H23NO2/c1-5-10-15(4,14(17)18)16(6-2)13-9-7-8-12(3)11-13/h7-9,11H,5-6,10H2,1-4H3,(H,17,18). The Morgan fingerprint density at radius 2 is 2.06 bits per heavy atom. The maximum Gasteiger partial charge on any atom is 0.329 e. The van der Waals surface area contributed by atoms with Gasteiger partial charge in [0.25, 0.3) is 0 Å². The zero-order valence-corrected chi connectivity index (χ0v) is 11.7. The second kappa shape index (κ2) is 5.89. The highest BCUT2D eigenvalue weighted by atomic mass is 16.4. The van der Waals surface area contributed by atoms with Crippen LogP contribution in [0.4, 0.5) is 5.69 Å². The molecule has 1 unspecified atom stereocenters. The lowest BCUT2D eigenvalue weighted by Gasteiger charge is -2.39. The number of anilines is 1. The first-order valence-corrected chi connectivity index (χ1v) is 6.53. The molecule has 0 radical (unpaired) electrons. The van der Waals surface area contributed by atoms with E-state index in [-0.39, 0.29) is 0 Å². The molecular formula is C15H23NO2. The van der Waals surface area contributed by atoms with Gasteiger partial charge in [-0.2, -0.15) is 0 Å². The molecule has 0 spiro atoms. The van der Waals surface area contributed by atoms with Crippen molar-refractivity contribution in [1.82, 2.24) is 0 Å². The van der Waals surface area contributed by atoms with Crippen molar-refractivity contribution in [3.05, 3.63) is 29.8 Å². The number of rotatable bonds is 6. The van der Waals surface area contributed by atoms with Crippen LogP contribution in [0.3, 0.4) is 0 Å². The molecule has 3 heteroatoms. The molecule has 0 amide bonds. The third kappa shape index (κ3) is 2.84. The van der Waals surface area contributed by atoms with E-state index >= 15 is 0 Å². The largest absolute Gasteiger partial charge is 0.480 e. The van der Waals surface area contributed by atoms with Crippen molar-refractivity contribution in [3.63, 3.8) is 0 Å². The van der Waals surface area contributed by atoms with Gasteiger partial charge in [-0.15, -0.1) is 0 Å². The summed E-state index contributed by atoms with van der Waals surface area (Å²) in [5, 5.41) is 9.55. The molecule has 0 aliphatic heterocycles. The smallest absolute Gasteiger partial charge is 0.329 e. The highest BCUT2D eigenvalue weighted by Crippen LogP contribution is 2.28. The van der Waals surface area contributed by atoms with Crippen molar-refractivity contribution in [2.24, 2.45) is 0 Å². The van der Waals surface area contributed by atoms with E-state index in [4.69, 9.17) is 0 Å². The molecule has 0 aromatic heterocycles. The number of likely N-dealkylation sites (N-methyl/N-ethyl adjacent to an activating group) is 1. The highest BCUT2D eigenvalue weighted by Gasteiger charge is 2.38. The predicted molar refractivity (Wildman–Crippen MR) is 75.1 cm³/mol. The number of benzene rings is 1. The third-order valence-corrected chi connectivity index (χ3v) is 3.42. The minimum absolute atomic E-state index is 0.643. The Bertz CT molecular complexity index is 417. The quantitative estimate of drug-likeness (QED) is 0.839. The number of carbonyl (C=O) groups is 1. The Kier molecular flexibility index (Phi) is 4.76. The van der Waals surface area contributed by atoms with E-state index in [1.54, 1.807) is 0 Å². The molecule has 1 rings (SSSR count). The van der Waals surface area contributed by atoms with Crippen LogP contribution in [-0.2, 0) is 4.79 Å². The normalized spacial score (nSPS) is 14.0. The summed E-state index contributed by atoms with van der Waals surface area (Å²) in [5.41, 5.74) is 1.29. The van der Waals surface area contributed by atoms with E-state index in [9.17, 15) is 9.90 Å². The number of hydrogen-bond donors (Lipinski definition) is 1. The van der Waals surface area contributed by atoms with Crippen molar-refractivity contribution >= 4 is 11.7 Å². The predicted octanol–water partition coefficient (Wildman–Crippen LogP) is 3.46. The van der Waals surface area contributed by atoms with E-state index in [1.165, 1.54) is 0 Å². The zero-order chi connectivity index (χ0) is 13.8. The van der Waals surface area contributed by atoms with E-state index in [2.05, 4.69) is 0 Å². The zero-order valence-electron chi connectivity index (χ0n) is 11.7. The molecule has 1 aromatic carbocycles. The second-order valence-corrected chi connectivity index (χ2v) is 4.91. The Balaban J connectivity index is 3.18. The third-order valence-electron chi connectivity index (χ3n) is 3.42. The Morgan fingerprint density at radius 3 is 2.50 bits per heavy atom. The average molecular weight is 249 g/mol. The molecular weight excluding hydrogens is 226 g/mol. The number of nitrogens with zero attached hydrogens (tertiary/aromatic N) is 1. The van der Waals surface area contributed by atoms with Gasteiger partial charge >= 0.3 is 5.97 Å². The molecule has 0 fully saturated rings. The van der Waals surface area contributed by atoms with Crippen LogP contribution < -0.4 is 4.90 Å². The van der Waals surface area contributed by atoms with Gasteiger partial charge in [0.15, 0.2) is 0 Å². The van der Waals surface area contributed by atoms with Crippen molar-refractivity contribution in [3.8, 4) is 0 Å². The van der Waals surface area contributed by atoms with Crippen LogP contribution in [0.2, 0.25) is 0 Å². The highest BCUT2D eigenvalue weighted by molar-refractivity contribution is 5.83. The van der Waals surface area contributed by atoms with Crippen LogP contribution in [-0.4, -0.2) is 23.2 Å². The fourth-order valence-corrected chi connectivity index (χ4v) is 2.46. The Hall–Kier alpha value is -1.51. The molecule has 3 nitrogen and oxygen atoms in total. The lowest BCUT2D eigenvalue weighted by Crippen LogP contribution is -2.52. The maximum absolute atomic E-state index is 11.6. The maximum atomic E-state index is 11.6. The van der Waals surface area contributed by atoms with Crippen molar-refractivity contribution in [2.45, 2.75) is 46.1 Å². The summed E-state index contributed by atoms with van der Waals surface area (Å²) in [6.45, 7) is 8.54. The molecule has 0 heterocycles. The number of carboxylic acids is 1. The minimum Gasteiger partial charge on any atom is -0.480 e. The average Bonchev–Trinajstić information content (AvgIpc) is 2.30. The van der Waals surface area contributed by atoms with E-state index in [1.807, 2.05) is 56.9 Å². The molecule has 0 bridgehead atoms. The van der Waals surface area contributed by atoms with Gasteiger partial charge < -0.3 is 10.0 Å². The Morgan fingerprint density at radius 1 is 1.39 bits per heavy atom. The number of carboxylic acid groups (broad SMARTS) is 1. The first kappa shape index (κ1) is 14.6. The topological polar surface area (TPSA) is 40.5 Å². The summed E-state index contributed by atoms with van der Waals surface area (Å²) in [6, 6.07) is 8.02. The van der Waals surface area contributed by atoms with Crippen LogP contribution in [0.5, 0.6) is 0 Å². The molecule has 0 saturated heterocycles. The second-order valence-electron chi connectivity index (χ2n) is 4.91. The van der Waals surface area contributed by atoms with E-state index in [0.29, 0.717) is 13.0 Å². The van der Waals surface area contributed by atoms with Gasteiger partial charge in [0.1, 0.15) is 5.54 Å². The molecule has 0 aliphatic carbocycles. The molecule has 1 aromatic rings. The van der Waals surface area contributed by atoms with Gasteiger partial charge in [0.05, 0.1) is 0 Å². The van der Waals surface area contributed by atoms with Gasteiger partial charge in [-0.05, 0) is 44.9 Å². The van der Waals surface area contributed by atoms with Gasteiger partial charge in [0, 0.05) is 12.2 Å². The van der Waals surface area contributed by atoms with Gasteiger partial charge in [-0.1, -0.05) is 25.5 Å². The van der Waals surface area contributed by atoms with Gasteiger partial charge in [-0.3, -0.25) is 0 Å². The Labute approximate surface area is 109 Å². The van der Waals surface area contributed by atoms with Crippen LogP contribution in [0.25, 0.3) is 0 Å². The van der Waals surface area contributed by atoms with Crippen molar-refractivity contribution in [1.29, 1.82) is 0 Å². The molecule has 1 atom stereocenters. The van der Waals surface area contributed by atoms with Gasteiger partial charge in [0.2, 0.25) is 0 Å². The van der Waals surface area contributed by atoms with Crippen LogP contribution in [0.15, 0.2) is 24.3 Å². The summed E-state index contributed by atoms with van der Waals surface area (Å²) < 4.78 is 0. The molecule has 1 N–H and O–H groups in total.